The SMILES string of the molecule is O=C(CCC(=O)N1CCN(c2ncnc3sccc23)CC1)c1ccc(-c2ccccc2)cc1. The topological polar surface area (TPSA) is 66.4 Å². The third-order valence-corrected chi connectivity index (χ3v) is 6.87. The molecule has 0 radical (unpaired) electrons. The Labute approximate surface area is 196 Å². The molecule has 33 heavy (non-hydrogen) atoms. The highest BCUT2D eigenvalue weighted by atomic mass is 32.1. The molecule has 0 atom stereocenters. The zero-order chi connectivity index (χ0) is 22.6. The summed E-state index contributed by atoms with van der Waals surface area (Å²) < 4.78 is 0. The first-order chi connectivity index (χ1) is 16.2. The minimum absolute atomic E-state index is 0.00225. The van der Waals surface area contributed by atoms with Gasteiger partial charge in [0.2, 0.25) is 5.91 Å². The van der Waals surface area contributed by atoms with Gasteiger partial charge in [-0.1, -0.05) is 54.6 Å². The van der Waals surface area contributed by atoms with Crippen molar-refractivity contribution in [3.63, 3.8) is 0 Å². The molecule has 0 unspecified atom stereocenters. The van der Waals surface area contributed by atoms with E-state index in [9.17, 15) is 9.59 Å². The maximum Gasteiger partial charge on any atom is 0.223 e. The first-order valence-corrected chi connectivity index (χ1v) is 12.0. The Balaban J connectivity index is 1.13. The van der Waals surface area contributed by atoms with Crippen LogP contribution in [0.1, 0.15) is 23.2 Å². The number of carbonyl (C=O) groups is 2. The van der Waals surface area contributed by atoms with Crippen LogP contribution in [0.5, 0.6) is 0 Å². The maximum absolute atomic E-state index is 12.7. The second kappa shape index (κ2) is 9.50. The largest absolute Gasteiger partial charge is 0.352 e. The van der Waals surface area contributed by atoms with E-state index < -0.39 is 0 Å². The first-order valence-electron chi connectivity index (χ1n) is 11.1. The van der Waals surface area contributed by atoms with Crippen molar-refractivity contribution < 1.29 is 9.59 Å². The molecule has 4 aromatic rings. The van der Waals surface area contributed by atoms with Gasteiger partial charge in [-0.15, -0.1) is 11.3 Å². The molecule has 6 nitrogen and oxygen atoms in total. The minimum Gasteiger partial charge on any atom is -0.352 e. The lowest BCUT2D eigenvalue weighted by Gasteiger charge is -2.35. The Bertz CT molecular complexity index is 1260. The summed E-state index contributed by atoms with van der Waals surface area (Å²) in [6, 6.07) is 19.7. The van der Waals surface area contributed by atoms with Gasteiger partial charge in [-0.3, -0.25) is 9.59 Å². The molecule has 166 valence electrons. The standard InChI is InChI=1S/C26H24N4O2S/c31-23(21-8-6-20(7-9-21)19-4-2-1-3-5-19)10-11-24(32)29-13-15-30(16-14-29)25-22-12-17-33-26(22)28-18-27-25/h1-9,12,17-18H,10-11,13-16H2. The quantitative estimate of drug-likeness (QED) is 0.395. The Morgan fingerprint density at radius 3 is 2.30 bits per heavy atom. The maximum atomic E-state index is 12.7. The Kier molecular flexibility index (Phi) is 6.13. The zero-order valence-corrected chi connectivity index (χ0v) is 19.0. The molecule has 1 saturated heterocycles. The highest BCUT2D eigenvalue weighted by Gasteiger charge is 2.23. The highest BCUT2D eigenvalue weighted by molar-refractivity contribution is 7.16. The fourth-order valence-corrected chi connectivity index (χ4v) is 4.93. The number of nitrogens with zero attached hydrogens (tertiary/aromatic N) is 4. The lowest BCUT2D eigenvalue weighted by Crippen LogP contribution is -2.49. The predicted molar refractivity (Wildman–Crippen MR) is 132 cm³/mol. The lowest BCUT2D eigenvalue weighted by molar-refractivity contribution is -0.131. The van der Waals surface area contributed by atoms with E-state index in [-0.39, 0.29) is 24.5 Å². The van der Waals surface area contributed by atoms with Crippen molar-refractivity contribution in [2.24, 2.45) is 0 Å². The van der Waals surface area contributed by atoms with Gasteiger partial charge in [-0.25, -0.2) is 9.97 Å². The van der Waals surface area contributed by atoms with Crippen LogP contribution in [0.3, 0.4) is 0 Å². The summed E-state index contributed by atoms with van der Waals surface area (Å²) in [5.74, 6) is 0.970. The summed E-state index contributed by atoms with van der Waals surface area (Å²) >= 11 is 1.60. The zero-order valence-electron chi connectivity index (χ0n) is 18.2. The highest BCUT2D eigenvalue weighted by Crippen LogP contribution is 2.27. The molecule has 1 aliphatic heterocycles. The number of hydrogen-bond donors (Lipinski definition) is 0. The van der Waals surface area contributed by atoms with Crippen molar-refractivity contribution in [1.29, 1.82) is 0 Å². The molecule has 2 aromatic heterocycles. The van der Waals surface area contributed by atoms with Crippen LogP contribution in [0.15, 0.2) is 72.4 Å². The summed E-state index contributed by atoms with van der Waals surface area (Å²) in [5, 5.41) is 3.08. The molecular formula is C26H24N4O2S. The van der Waals surface area contributed by atoms with Crippen LogP contribution in [-0.4, -0.2) is 52.7 Å². The second-order valence-corrected chi connectivity index (χ2v) is 8.97. The normalized spacial score (nSPS) is 13.9. The molecule has 0 bridgehead atoms. The molecule has 0 saturated carbocycles. The molecule has 0 spiro atoms. The Morgan fingerprint density at radius 1 is 0.818 bits per heavy atom. The van der Waals surface area contributed by atoms with E-state index >= 15 is 0 Å². The fraction of sp³-hybridized carbons (Fsp3) is 0.231. The molecule has 0 N–H and O–H groups in total. The van der Waals surface area contributed by atoms with Crippen molar-refractivity contribution in [3.05, 3.63) is 77.9 Å². The molecule has 5 rings (SSSR count). The number of piperazine rings is 1. The van der Waals surface area contributed by atoms with Crippen LogP contribution in [0.25, 0.3) is 21.3 Å². The third kappa shape index (κ3) is 4.64. The van der Waals surface area contributed by atoms with Gasteiger partial charge in [-0.05, 0) is 22.6 Å². The van der Waals surface area contributed by atoms with Gasteiger partial charge >= 0.3 is 0 Å². The Morgan fingerprint density at radius 2 is 1.55 bits per heavy atom. The van der Waals surface area contributed by atoms with Gasteiger partial charge < -0.3 is 9.80 Å². The van der Waals surface area contributed by atoms with Crippen LogP contribution in [-0.2, 0) is 4.79 Å². The third-order valence-electron chi connectivity index (χ3n) is 6.05. The molecule has 1 fully saturated rings. The number of carbonyl (C=O) groups excluding carboxylic acids is 2. The number of hydrogen-bond acceptors (Lipinski definition) is 6. The van der Waals surface area contributed by atoms with Crippen LogP contribution >= 0.6 is 11.3 Å². The van der Waals surface area contributed by atoms with E-state index in [0.717, 1.165) is 40.3 Å². The van der Waals surface area contributed by atoms with Crippen molar-refractivity contribution >= 4 is 39.1 Å². The number of Topliss-reactive ketones (excluding diaryl/α,β-unsaturated/α-hetero) is 1. The molecule has 0 aliphatic carbocycles. The van der Waals surface area contributed by atoms with Crippen LogP contribution < -0.4 is 4.90 Å². The molecule has 1 aliphatic rings. The molecule has 2 aromatic carbocycles. The van der Waals surface area contributed by atoms with E-state index in [1.807, 2.05) is 70.9 Å². The van der Waals surface area contributed by atoms with E-state index in [1.54, 1.807) is 17.7 Å². The number of rotatable bonds is 6. The molecule has 1 amide bonds. The van der Waals surface area contributed by atoms with E-state index in [2.05, 4.69) is 14.9 Å². The van der Waals surface area contributed by atoms with Gasteiger partial charge in [0.15, 0.2) is 5.78 Å². The van der Waals surface area contributed by atoms with Gasteiger partial charge in [-0.2, -0.15) is 0 Å². The number of benzene rings is 2. The van der Waals surface area contributed by atoms with Gasteiger partial charge in [0.25, 0.3) is 0 Å². The molecular weight excluding hydrogens is 432 g/mol. The van der Waals surface area contributed by atoms with Gasteiger partial charge in [0.05, 0.1) is 5.39 Å². The number of amides is 1. The number of thiophene rings is 1. The molecule has 3 heterocycles. The Hall–Kier alpha value is -3.58. The lowest BCUT2D eigenvalue weighted by atomic mass is 10.0. The average molecular weight is 457 g/mol. The summed E-state index contributed by atoms with van der Waals surface area (Å²) in [6.45, 7) is 2.72. The van der Waals surface area contributed by atoms with E-state index in [4.69, 9.17) is 0 Å². The summed E-state index contributed by atoms with van der Waals surface area (Å²) in [4.78, 5) is 39.2. The summed E-state index contributed by atoms with van der Waals surface area (Å²) in [5.41, 5.74) is 2.84. The van der Waals surface area contributed by atoms with Crippen LogP contribution in [0.4, 0.5) is 5.82 Å². The summed E-state index contributed by atoms with van der Waals surface area (Å²) in [6.07, 6.45) is 2.07. The fourth-order valence-electron chi connectivity index (χ4n) is 4.20. The number of anilines is 1. The van der Waals surface area contributed by atoms with E-state index in [0.29, 0.717) is 18.7 Å². The van der Waals surface area contributed by atoms with Crippen molar-refractivity contribution in [3.8, 4) is 11.1 Å². The van der Waals surface area contributed by atoms with Crippen LogP contribution in [0, 0.1) is 0 Å². The molecule has 7 heteroatoms. The van der Waals surface area contributed by atoms with Gasteiger partial charge in [0, 0.05) is 44.6 Å². The number of aromatic nitrogens is 2. The van der Waals surface area contributed by atoms with E-state index in [1.165, 1.54) is 0 Å². The van der Waals surface area contributed by atoms with Crippen molar-refractivity contribution in [1.82, 2.24) is 14.9 Å². The predicted octanol–water partition coefficient (Wildman–Crippen LogP) is 4.67. The second-order valence-electron chi connectivity index (χ2n) is 8.07. The number of ketones is 1. The smallest absolute Gasteiger partial charge is 0.223 e. The summed E-state index contributed by atoms with van der Waals surface area (Å²) in [7, 11) is 0. The minimum atomic E-state index is 0.00225. The van der Waals surface area contributed by atoms with Crippen molar-refractivity contribution in [2.45, 2.75) is 12.8 Å². The monoisotopic (exact) mass is 456 g/mol. The van der Waals surface area contributed by atoms with Gasteiger partial charge in [0.1, 0.15) is 17.0 Å². The average Bonchev–Trinajstić information content (AvgIpc) is 3.37. The van der Waals surface area contributed by atoms with Crippen molar-refractivity contribution in [2.75, 3.05) is 31.1 Å². The van der Waals surface area contributed by atoms with Crippen LogP contribution in [0.2, 0.25) is 0 Å². The first kappa shape index (κ1) is 21.3. The number of fused-ring (bicyclic) bond motifs is 1.